The maximum absolute atomic E-state index is 14.6. The van der Waals surface area contributed by atoms with Crippen LogP contribution in [0.3, 0.4) is 0 Å². The number of rotatable bonds is 23. The number of hydrogen-bond acceptors (Lipinski definition) is 11. The highest BCUT2D eigenvalue weighted by Crippen LogP contribution is 2.49. The summed E-state index contributed by atoms with van der Waals surface area (Å²) in [7, 11) is 0. The van der Waals surface area contributed by atoms with E-state index < -0.39 is 64.2 Å². The van der Waals surface area contributed by atoms with Gasteiger partial charge in [-0.25, -0.2) is 19.2 Å². The Bertz CT molecular complexity index is 2440. The standard InChI is InChI=1S/C56H65N5O10S/c1-8-35-68-50(64)47(60-53(67)71-55(5,6)7)36-40-29-31-46(32-30-40)69-51(65)57-34-33-45(59-52(66)70-54(2,3)4)37-61(39-62)48(49(63)58-44-27-19-12-20-28-44)38-72-56(41-21-13-9-14-22-41,42-23-15-10-16-24-42)43-25-17-11-18-26-43/h8-32,39,45,47-48H,1,33-38H2,2-7H3,(H,57,65)(H,58,63)(H,59,66)(H,60,67). The van der Waals surface area contributed by atoms with Gasteiger partial charge in [-0.15, -0.1) is 11.8 Å². The van der Waals surface area contributed by atoms with Gasteiger partial charge < -0.3 is 45.1 Å². The summed E-state index contributed by atoms with van der Waals surface area (Å²) >= 11 is 1.51. The van der Waals surface area contributed by atoms with Crippen LogP contribution < -0.4 is 26.0 Å². The molecule has 380 valence electrons. The molecule has 0 radical (unpaired) electrons. The number of anilines is 1. The molecule has 0 aliphatic rings. The van der Waals surface area contributed by atoms with Gasteiger partial charge in [0.1, 0.15) is 35.6 Å². The lowest BCUT2D eigenvalue weighted by atomic mass is 9.84. The molecule has 5 rings (SSSR count). The molecule has 0 saturated carbocycles. The number of thioether (sulfide) groups is 1. The predicted octanol–water partition coefficient (Wildman–Crippen LogP) is 9.41. The molecule has 0 aliphatic carbocycles. The van der Waals surface area contributed by atoms with Gasteiger partial charge in [-0.3, -0.25) is 9.59 Å². The first kappa shape index (κ1) is 55.3. The van der Waals surface area contributed by atoms with Gasteiger partial charge in [-0.05, 0) is 94.5 Å². The summed E-state index contributed by atoms with van der Waals surface area (Å²) in [5.41, 5.74) is 2.40. The van der Waals surface area contributed by atoms with Crippen molar-refractivity contribution in [2.24, 2.45) is 0 Å². The highest BCUT2D eigenvalue weighted by molar-refractivity contribution is 8.00. The van der Waals surface area contributed by atoms with E-state index in [9.17, 15) is 28.8 Å². The Kier molecular flexibility index (Phi) is 20.4. The molecule has 0 aromatic heterocycles. The van der Waals surface area contributed by atoms with Crippen molar-refractivity contribution in [2.75, 3.05) is 30.8 Å². The Morgan fingerprint density at radius 1 is 0.667 bits per heavy atom. The molecule has 5 aromatic carbocycles. The van der Waals surface area contributed by atoms with Crippen LogP contribution in [0, 0.1) is 0 Å². The number of carbonyl (C=O) groups is 6. The molecule has 0 fully saturated rings. The number of amides is 5. The van der Waals surface area contributed by atoms with E-state index in [2.05, 4.69) is 27.8 Å². The predicted molar refractivity (Wildman–Crippen MR) is 280 cm³/mol. The summed E-state index contributed by atoms with van der Waals surface area (Å²) in [5.74, 6) is -0.841. The molecule has 0 aliphatic heterocycles. The second kappa shape index (κ2) is 26.6. The van der Waals surface area contributed by atoms with Crippen molar-refractivity contribution in [2.45, 2.75) is 88.5 Å². The fourth-order valence-corrected chi connectivity index (χ4v) is 9.19. The van der Waals surface area contributed by atoms with Crippen LogP contribution in [0.1, 0.15) is 70.2 Å². The zero-order valence-electron chi connectivity index (χ0n) is 41.6. The molecule has 0 heterocycles. The Morgan fingerprint density at radius 2 is 1.17 bits per heavy atom. The largest absolute Gasteiger partial charge is 0.460 e. The van der Waals surface area contributed by atoms with E-state index in [4.69, 9.17) is 18.9 Å². The van der Waals surface area contributed by atoms with Gasteiger partial charge in [-0.2, -0.15) is 0 Å². The zero-order chi connectivity index (χ0) is 52.2. The summed E-state index contributed by atoms with van der Waals surface area (Å²) in [6.45, 7) is 13.6. The third-order valence-corrected chi connectivity index (χ3v) is 12.3. The van der Waals surface area contributed by atoms with Crippen LogP contribution in [-0.4, -0.2) is 96.2 Å². The minimum atomic E-state index is -1.08. The van der Waals surface area contributed by atoms with Gasteiger partial charge in [0.05, 0.1) is 10.8 Å². The molecule has 15 nitrogen and oxygen atoms in total. The number of esters is 1. The summed E-state index contributed by atoms with van der Waals surface area (Å²) < 4.78 is 20.9. The van der Waals surface area contributed by atoms with Crippen LogP contribution in [0.25, 0.3) is 0 Å². The van der Waals surface area contributed by atoms with Crippen molar-refractivity contribution in [1.29, 1.82) is 0 Å². The minimum Gasteiger partial charge on any atom is -0.460 e. The van der Waals surface area contributed by atoms with Crippen LogP contribution in [0.5, 0.6) is 5.75 Å². The summed E-state index contributed by atoms with van der Waals surface area (Å²) in [6, 6.07) is 42.3. The maximum atomic E-state index is 14.6. The number of alkyl carbamates (subject to hydrolysis) is 2. The van der Waals surface area contributed by atoms with Crippen molar-refractivity contribution in [3.63, 3.8) is 0 Å². The first-order valence-electron chi connectivity index (χ1n) is 23.6. The summed E-state index contributed by atoms with van der Waals surface area (Å²) in [5, 5.41) is 11.1. The monoisotopic (exact) mass is 999 g/mol. The van der Waals surface area contributed by atoms with Crippen LogP contribution in [0.2, 0.25) is 0 Å². The normalized spacial score (nSPS) is 12.6. The molecule has 4 N–H and O–H groups in total. The highest BCUT2D eigenvalue weighted by Gasteiger charge is 2.40. The summed E-state index contributed by atoms with van der Waals surface area (Å²) in [6.07, 6.45) is -0.201. The highest BCUT2D eigenvalue weighted by atomic mass is 32.2. The molecule has 0 spiro atoms. The molecule has 5 amide bonds. The number of hydrogen-bond donors (Lipinski definition) is 4. The minimum absolute atomic E-state index is 0.0241. The van der Waals surface area contributed by atoms with Crippen molar-refractivity contribution in [3.05, 3.63) is 181 Å². The summed E-state index contributed by atoms with van der Waals surface area (Å²) in [4.78, 5) is 81.2. The number of carbonyl (C=O) groups excluding carboxylic acids is 6. The fraction of sp³-hybridized carbons (Fsp3) is 0.321. The van der Waals surface area contributed by atoms with Gasteiger partial charge in [-0.1, -0.05) is 134 Å². The number of benzene rings is 5. The third kappa shape index (κ3) is 17.4. The second-order valence-electron chi connectivity index (χ2n) is 18.7. The molecule has 5 aromatic rings. The SMILES string of the molecule is C=CCOC(=O)C(Cc1ccc(OC(=O)NCCC(CN(C=O)C(CSC(c2ccccc2)(c2ccccc2)c2ccccc2)C(=O)Nc2ccccc2)NC(=O)OC(C)(C)C)cc1)NC(=O)OC(C)(C)C. The molecule has 3 unspecified atom stereocenters. The lowest BCUT2D eigenvalue weighted by molar-refractivity contribution is -0.144. The topological polar surface area (TPSA) is 191 Å². The van der Waals surface area contributed by atoms with Crippen molar-refractivity contribution in [3.8, 4) is 5.75 Å². The Labute approximate surface area is 426 Å². The molecule has 16 heteroatoms. The van der Waals surface area contributed by atoms with E-state index in [1.54, 1.807) is 77.9 Å². The van der Waals surface area contributed by atoms with Gasteiger partial charge >= 0.3 is 24.2 Å². The molecule has 0 saturated heterocycles. The van der Waals surface area contributed by atoms with Gasteiger partial charge in [0.15, 0.2) is 0 Å². The van der Waals surface area contributed by atoms with Crippen molar-refractivity contribution >= 4 is 54.0 Å². The number of ether oxygens (including phenoxy) is 4. The molecule has 72 heavy (non-hydrogen) atoms. The first-order chi connectivity index (χ1) is 34.4. The molecule has 0 bridgehead atoms. The van der Waals surface area contributed by atoms with E-state index in [1.807, 2.05) is 97.1 Å². The third-order valence-electron chi connectivity index (χ3n) is 10.7. The number of nitrogens with one attached hydrogen (secondary N) is 4. The lowest BCUT2D eigenvalue weighted by Crippen LogP contribution is -2.53. The van der Waals surface area contributed by atoms with Crippen LogP contribution >= 0.6 is 11.8 Å². The second-order valence-corrected chi connectivity index (χ2v) is 19.9. The van der Waals surface area contributed by atoms with E-state index in [0.29, 0.717) is 17.7 Å². The maximum Gasteiger partial charge on any atom is 0.412 e. The Balaban J connectivity index is 1.36. The van der Waals surface area contributed by atoms with Crippen LogP contribution in [0.15, 0.2) is 158 Å². The van der Waals surface area contributed by atoms with E-state index in [0.717, 1.165) is 16.7 Å². The first-order valence-corrected chi connectivity index (χ1v) is 24.6. The zero-order valence-corrected chi connectivity index (χ0v) is 42.4. The van der Waals surface area contributed by atoms with Crippen LogP contribution in [-0.2, 0) is 39.8 Å². The van der Waals surface area contributed by atoms with Crippen LogP contribution in [0.4, 0.5) is 20.1 Å². The molecular formula is C56H65N5O10S. The number of nitrogens with zero attached hydrogens (tertiary/aromatic N) is 1. The molecular weight excluding hydrogens is 935 g/mol. The fourth-order valence-electron chi connectivity index (χ4n) is 7.53. The quantitative estimate of drug-likeness (QED) is 0.0160. The lowest BCUT2D eigenvalue weighted by Gasteiger charge is -2.38. The molecule has 3 atom stereocenters. The van der Waals surface area contributed by atoms with E-state index in [1.165, 1.54) is 34.9 Å². The van der Waals surface area contributed by atoms with Gasteiger partial charge in [0.2, 0.25) is 12.3 Å². The van der Waals surface area contributed by atoms with Gasteiger partial charge in [0, 0.05) is 31.0 Å². The van der Waals surface area contributed by atoms with Crippen molar-refractivity contribution < 1.29 is 47.7 Å². The Morgan fingerprint density at radius 3 is 1.65 bits per heavy atom. The smallest absolute Gasteiger partial charge is 0.412 e. The van der Waals surface area contributed by atoms with Crippen molar-refractivity contribution in [1.82, 2.24) is 20.9 Å². The number of para-hydroxylation sites is 1. The Hall–Kier alpha value is -7.59. The van der Waals surface area contributed by atoms with Gasteiger partial charge in [0.25, 0.3) is 0 Å². The van der Waals surface area contributed by atoms with E-state index >= 15 is 0 Å². The average Bonchev–Trinajstić information content (AvgIpc) is 3.34. The average molecular weight is 1000 g/mol. The van der Waals surface area contributed by atoms with E-state index in [-0.39, 0.29) is 44.0 Å².